The zero-order chi connectivity index (χ0) is 15.0. The quantitative estimate of drug-likeness (QED) is 0.911. The number of para-hydroxylation sites is 1. The summed E-state index contributed by atoms with van der Waals surface area (Å²) < 4.78 is 5.49. The molecule has 4 heteroatoms. The second-order valence-corrected chi connectivity index (χ2v) is 6.46. The first kappa shape index (κ1) is 13.8. The lowest BCUT2D eigenvalue weighted by molar-refractivity contribution is -0.0695. The van der Waals surface area contributed by atoms with Crippen LogP contribution in [0.15, 0.2) is 53.5 Å². The first-order valence-electron chi connectivity index (χ1n) is 7.47. The number of fused-ring (bicyclic) bond motifs is 1. The Morgan fingerprint density at radius 2 is 2.00 bits per heavy atom. The molecule has 1 saturated heterocycles. The van der Waals surface area contributed by atoms with Gasteiger partial charge in [0.25, 0.3) is 0 Å². The molecule has 0 aliphatic carbocycles. The van der Waals surface area contributed by atoms with E-state index in [1.807, 2.05) is 18.2 Å². The molecule has 0 amide bonds. The molecule has 4 rings (SSSR count). The molecule has 0 atom stereocenters. The van der Waals surface area contributed by atoms with Gasteiger partial charge >= 0.3 is 0 Å². The van der Waals surface area contributed by atoms with Crippen molar-refractivity contribution in [3.8, 4) is 0 Å². The van der Waals surface area contributed by atoms with Gasteiger partial charge < -0.3 is 10.1 Å². The third kappa shape index (κ3) is 2.40. The van der Waals surface area contributed by atoms with E-state index in [4.69, 9.17) is 21.3 Å². The van der Waals surface area contributed by atoms with Crippen LogP contribution in [0, 0.1) is 5.41 Å². The van der Waals surface area contributed by atoms with Gasteiger partial charge in [0.15, 0.2) is 0 Å². The second-order valence-electron chi connectivity index (χ2n) is 6.03. The van der Waals surface area contributed by atoms with Gasteiger partial charge in [0, 0.05) is 10.7 Å². The maximum atomic E-state index is 6.04. The molecule has 1 spiro atoms. The number of halogens is 1. The van der Waals surface area contributed by atoms with E-state index in [0.29, 0.717) is 6.54 Å². The number of nitrogens with zero attached hydrogens (tertiary/aromatic N) is 1. The van der Waals surface area contributed by atoms with Gasteiger partial charge in [-0.25, -0.2) is 0 Å². The number of nitrogens with one attached hydrogen (secondary N) is 1. The fourth-order valence-electron chi connectivity index (χ4n) is 3.10. The topological polar surface area (TPSA) is 33.6 Å². The van der Waals surface area contributed by atoms with Crippen molar-refractivity contribution in [1.29, 1.82) is 0 Å². The van der Waals surface area contributed by atoms with Crippen LogP contribution in [-0.2, 0) is 17.7 Å². The third-order valence-electron chi connectivity index (χ3n) is 4.37. The fourth-order valence-corrected chi connectivity index (χ4v) is 3.32. The Labute approximate surface area is 135 Å². The highest BCUT2D eigenvalue weighted by Crippen LogP contribution is 2.40. The van der Waals surface area contributed by atoms with Crippen molar-refractivity contribution in [2.45, 2.75) is 13.0 Å². The van der Waals surface area contributed by atoms with Crippen LogP contribution >= 0.6 is 11.6 Å². The summed E-state index contributed by atoms with van der Waals surface area (Å²) in [6.45, 7) is 2.11. The Morgan fingerprint density at radius 3 is 2.77 bits per heavy atom. The van der Waals surface area contributed by atoms with Crippen molar-refractivity contribution in [1.82, 2.24) is 0 Å². The van der Waals surface area contributed by atoms with Crippen LogP contribution in [0.3, 0.4) is 0 Å². The van der Waals surface area contributed by atoms with Crippen LogP contribution in [0.4, 0.5) is 5.69 Å². The molecule has 0 unspecified atom stereocenters. The van der Waals surface area contributed by atoms with Crippen LogP contribution in [0.2, 0.25) is 5.02 Å². The molecule has 2 aliphatic heterocycles. The maximum Gasteiger partial charge on any atom is 0.112 e. The van der Waals surface area contributed by atoms with Crippen molar-refractivity contribution >= 4 is 23.1 Å². The molecule has 2 aromatic rings. The second kappa shape index (κ2) is 5.41. The monoisotopic (exact) mass is 312 g/mol. The van der Waals surface area contributed by atoms with Crippen molar-refractivity contribution in [2.24, 2.45) is 10.4 Å². The largest absolute Gasteiger partial charge is 0.379 e. The number of benzene rings is 2. The average Bonchev–Trinajstić information content (AvgIpc) is 2.50. The molecule has 2 heterocycles. The zero-order valence-electron chi connectivity index (χ0n) is 12.2. The summed E-state index contributed by atoms with van der Waals surface area (Å²) in [4.78, 5) is 4.84. The number of amidine groups is 1. The van der Waals surface area contributed by atoms with E-state index >= 15 is 0 Å². The Balaban J connectivity index is 1.63. The predicted molar refractivity (Wildman–Crippen MR) is 89.6 cm³/mol. The molecule has 2 aromatic carbocycles. The highest BCUT2D eigenvalue weighted by atomic mass is 35.5. The SMILES string of the molecule is Clc1cccc(CN=C2Nc3ccccc3CC23COC3)c1. The van der Waals surface area contributed by atoms with Gasteiger partial charge in [-0.05, 0) is 35.7 Å². The molecule has 0 aromatic heterocycles. The molecule has 3 nitrogen and oxygen atoms in total. The third-order valence-corrected chi connectivity index (χ3v) is 4.60. The maximum absolute atomic E-state index is 6.04. The minimum Gasteiger partial charge on any atom is -0.379 e. The summed E-state index contributed by atoms with van der Waals surface area (Å²) in [6.07, 6.45) is 0.991. The van der Waals surface area contributed by atoms with E-state index in [-0.39, 0.29) is 5.41 Å². The number of hydrogen-bond acceptors (Lipinski definition) is 2. The summed E-state index contributed by atoms with van der Waals surface area (Å²) >= 11 is 6.04. The number of rotatable bonds is 2. The number of ether oxygens (including phenoxy) is 1. The van der Waals surface area contributed by atoms with Gasteiger partial charge in [0.05, 0.1) is 25.2 Å². The summed E-state index contributed by atoms with van der Waals surface area (Å²) in [7, 11) is 0. The average molecular weight is 313 g/mol. The Kier molecular flexibility index (Phi) is 3.40. The van der Waals surface area contributed by atoms with E-state index in [9.17, 15) is 0 Å². The highest BCUT2D eigenvalue weighted by molar-refractivity contribution is 6.30. The van der Waals surface area contributed by atoms with Crippen molar-refractivity contribution in [2.75, 3.05) is 18.5 Å². The van der Waals surface area contributed by atoms with E-state index in [1.165, 1.54) is 5.56 Å². The lowest BCUT2D eigenvalue weighted by atomic mass is 9.75. The van der Waals surface area contributed by atoms with Gasteiger partial charge in [-0.15, -0.1) is 0 Å². The van der Waals surface area contributed by atoms with Crippen molar-refractivity contribution < 1.29 is 4.74 Å². The molecule has 2 aliphatic rings. The molecule has 0 radical (unpaired) electrons. The normalized spacial score (nSPS) is 20.3. The van der Waals surface area contributed by atoms with Crippen LogP contribution < -0.4 is 5.32 Å². The van der Waals surface area contributed by atoms with Gasteiger partial charge in [-0.1, -0.05) is 41.9 Å². The van der Waals surface area contributed by atoms with Gasteiger partial charge in [-0.2, -0.15) is 0 Å². The smallest absolute Gasteiger partial charge is 0.112 e. The first-order chi connectivity index (χ1) is 10.8. The van der Waals surface area contributed by atoms with Crippen molar-refractivity contribution in [3.05, 3.63) is 64.7 Å². The summed E-state index contributed by atoms with van der Waals surface area (Å²) in [5.41, 5.74) is 3.64. The Hall–Kier alpha value is -1.84. The molecular formula is C18H17ClN2O. The van der Waals surface area contributed by atoms with Gasteiger partial charge in [0.2, 0.25) is 0 Å². The molecule has 1 fully saturated rings. The summed E-state index contributed by atoms with van der Waals surface area (Å²) in [5, 5.41) is 4.26. The van der Waals surface area contributed by atoms with Gasteiger partial charge in [-0.3, -0.25) is 4.99 Å². The molecule has 1 N–H and O–H groups in total. The fraction of sp³-hybridized carbons (Fsp3) is 0.278. The zero-order valence-corrected chi connectivity index (χ0v) is 12.9. The van der Waals surface area contributed by atoms with E-state index in [0.717, 1.165) is 41.7 Å². The molecule has 0 bridgehead atoms. The Morgan fingerprint density at radius 1 is 1.14 bits per heavy atom. The van der Waals surface area contributed by atoms with Crippen LogP contribution in [0.25, 0.3) is 0 Å². The Bertz CT molecular complexity index is 737. The molecular weight excluding hydrogens is 296 g/mol. The van der Waals surface area contributed by atoms with Crippen molar-refractivity contribution in [3.63, 3.8) is 0 Å². The molecule has 112 valence electrons. The minimum absolute atomic E-state index is 0.0208. The van der Waals surface area contributed by atoms with Crippen LogP contribution in [0.1, 0.15) is 11.1 Å². The van der Waals surface area contributed by atoms with E-state index < -0.39 is 0 Å². The van der Waals surface area contributed by atoms with Gasteiger partial charge in [0.1, 0.15) is 5.84 Å². The lowest BCUT2D eigenvalue weighted by Gasteiger charge is -2.45. The number of anilines is 1. The van der Waals surface area contributed by atoms with E-state index in [2.05, 4.69) is 35.6 Å². The first-order valence-corrected chi connectivity index (χ1v) is 7.85. The highest BCUT2D eigenvalue weighted by Gasteiger charge is 2.46. The lowest BCUT2D eigenvalue weighted by Crippen LogP contribution is -2.55. The summed E-state index contributed by atoms with van der Waals surface area (Å²) in [6, 6.07) is 16.3. The van der Waals surface area contributed by atoms with Crippen LogP contribution in [0.5, 0.6) is 0 Å². The predicted octanol–water partition coefficient (Wildman–Crippen LogP) is 3.92. The minimum atomic E-state index is 0.0208. The number of hydrogen-bond donors (Lipinski definition) is 1. The summed E-state index contributed by atoms with van der Waals surface area (Å²) in [5.74, 6) is 1.04. The van der Waals surface area contributed by atoms with Crippen LogP contribution in [-0.4, -0.2) is 19.0 Å². The standard InChI is InChI=1S/C18H17ClN2O/c19-15-6-3-4-13(8-15)10-20-17-18(11-22-12-18)9-14-5-1-2-7-16(14)21-17/h1-8H,9-12H2,(H,20,21). The number of aliphatic imine (C=N–C) groups is 1. The molecule has 0 saturated carbocycles. The van der Waals surface area contributed by atoms with E-state index in [1.54, 1.807) is 0 Å². The molecule has 22 heavy (non-hydrogen) atoms.